The van der Waals surface area contributed by atoms with Gasteiger partial charge in [-0.2, -0.15) is 0 Å². The first-order valence-electron chi connectivity index (χ1n) is 7.52. The van der Waals surface area contributed by atoms with Gasteiger partial charge in [-0.15, -0.1) is 0 Å². The molecule has 1 aromatic carbocycles. The normalized spacial score (nSPS) is 21.7. The van der Waals surface area contributed by atoms with E-state index in [1.165, 1.54) is 0 Å². The average molecular weight is 286 g/mol. The fourth-order valence-corrected chi connectivity index (χ4v) is 3.00. The van der Waals surface area contributed by atoms with Crippen LogP contribution in [0.3, 0.4) is 0 Å². The molecule has 21 heavy (non-hydrogen) atoms. The monoisotopic (exact) mass is 286 g/mol. The quantitative estimate of drug-likeness (QED) is 0.927. The van der Waals surface area contributed by atoms with Gasteiger partial charge in [-0.25, -0.2) is 4.98 Å². The van der Waals surface area contributed by atoms with Crippen LogP contribution in [0.15, 0.2) is 30.5 Å². The van der Waals surface area contributed by atoms with Crippen LogP contribution < -0.4 is 4.90 Å². The first-order chi connectivity index (χ1) is 10.1. The second kappa shape index (κ2) is 5.95. The molecule has 2 aromatic rings. The summed E-state index contributed by atoms with van der Waals surface area (Å²) in [6.07, 6.45) is 1.59. The Kier molecular flexibility index (Phi) is 4.03. The van der Waals surface area contributed by atoms with Crippen molar-refractivity contribution in [2.45, 2.75) is 26.0 Å². The number of benzene rings is 1. The zero-order valence-electron chi connectivity index (χ0n) is 12.6. The van der Waals surface area contributed by atoms with Crippen LogP contribution >= 0.6 is 0 Å². The molecule has 1 aromatic heterocycles. The molecule has 1 fully saturated rings. The molecular formula is C16H22N4O. The fraction of sp³-hybridized carbons (Fsp3) is 0.500. The molecule has 1 N–H and O–H groups in total. The number of para-hydroxylation sites is 2. The average Bonchev–Trinajstić information content (AvgIpc) is 2.46. The number of aromatic nitrogens is 2. The molecule has 1 aliphatic heterocycles. The molecule has 2 atom stereocenters. The molecule has 0 bridgehead atoms. The minimum absolute atomic E-state index is 0.274. The number of rotatable bonds is 3. The Morgan fingerprint density at radius 1 is 1.29 bits per heavy atom. The summed E-state index contributed by atoms with van der Waals surface area (Å²) >= 11 is 0. The lowest BCUT2D eigenvalue weighted by Gasteiger charge is -2.40. The molecule has 3 rings (SSSR count). The van der Waals surface area contributed by atoms with E-state index in [1.807, 2.05) is 37.4 Å². The second-order valence-electron chi connectivity index (χ2n) is 5.87. The van der Waals surface area contributed by atoms with Gasteiger partial charge in [0.1, 0.15) is 5.82 Å². The van der Waals surface area contributed by atoms with Gasteiger partial charge < -0.3 is 10.0 Å². The van der Waals surface area contributed by atoms with Crippen molar-refractivity contribution < 1.29 is 5.11 Å². The third-order valence-electron chi connectivity index (χ3n) is 3.96. The van der Waals surface area contributed by atoms with Crippen molar-refractivity contribution in [2.24, 2.45) is 0 Å². The van der Waals surface area contributed by atoms with Crippen LogP contribution in [0.4, 0.5) is 5.82 Å². The van der Waals surface area contributed by atoms with Crippen LogP contribution in [0.2, 0.25) is 0 Å². The predicted molar refractivity (Wildman–Crippen MR) is 84.5 cm³/mol. The topological polar surface area (TPSA) is 52.5 Å². The van der Waals surface area contributed by atoms with Crippen LogP contribution in [-0.2, 0) is 0 Å². The molecule has 1 saturated heterocycles. The van der Waals surface area contributed by atoms with Gasteiger partial charge in [0.25, 0.3) is 0 Å². The summed E-state index contributed by atoms with van der Waals surface area (Å²) in [5.41, 5.74) is 1.87. The number of piperazine rings is 1. The Labute approximate surface area is 125 Å². The van der Waals surface area contributed by atoms with Crippen molar-refractivity contribution in [2.75, 3.05) is 31.1 Å². The maximum Gasteiger partial charge on any atom is 0.148 e. The van der Waals surface area contributed by atoms with Gasteiger partial charge in [-0.3, -0.25) is 9.88 Å². The number of hydrogen-bond donors (Lipinski definition) is 1. The van der Waals surface area contributed by atoms with Crippen molar-refractivity contribution in [3.8, 4) is 0 Å². The molecule has 0 amide bonds. The zero-order valence-corrected chi connectivity index (χ0v) is 12.6. The van der Waals surface area contributed by atoms with Crippen molar-refractivity contribution in [3.05, 3.63) is 30.5 Å². The van der Waals surface area contributed by atoms with Gasteiger partial charge in [0.15, 0.2) is 0 Å². The number of hydrogen-bond acceptors (Lipinski definition) is 5. The number of fused-ring (bicyclic) bond motifs is 1. The summed E-state index contributed by atoms with van der Waals surface area (Å²) in [6.45, 7) is 7.59. The number of nitrogens with zero attached hydrogens (tertiary/aromatic N) is 4. The molecule has 5 nitrogen and oxygen atoms in total. The Hall–Kier alpha value is -1.72. The first kappa shape index (κ1) is 14.2. The first-order valence-corrected chi connectivity index (χ1v) is 7.52. The Morgan fingerprint density at radius 3 is 2.76 bits per heavy atom. The fourth-order valence-electron chi connectivity index (χ4n) is 3.00. The van der Waals surface area contributed by atoms with E-state index in [0.717, 1.165) is 43.0 Å². The van der Waals surface area contributed by atoms with Crippen LogP contribution in [-0.4, -0.2) is 58.3 Å². The van der Waals surface area contributed by atoms with E-state index in [2.05, 4.69) is 21.7 Å². The highest BCUT2D eigenvalue weighted by molar-refractivity contribution is 5.75. The second-order valence-corrected chi connectivity index (χ2v) is 5.87. The highest BCUT2D eigenvalue weighted by Gasteiger charge is 2.25. The molecule has 112 valence electrons. The van der Waals surface area contributed by atoms with Crippen molar-refractivity contribution in [1.29, 1.82) is 0 Å². The van der Waals surface area contributed by atoms with Crippen LogP contribution in [0.1, 0.15) is 13.8 Å². The molecule has 2 heterocycles. The van der Waals surface area contributed by atoms with Crippen molar-refractivity contribution in [1.82, 2.24) is 14.9 Å². The third-order valence-corrected chi connectivity index (χ3v) is 3.96. The highest BCUT2D eigenvalue weighted by Crippen LogP contribution is 2.20. The smallest absolute Gasteiger partial charge is 0.148 e. The van der Waals surface area contributed by atoms with E-state index in [9.17, 15) is 5.11 Å². The molecule has 0 unspecified atom stereocenters. The lowest BCUT2D eigenvalue weighted by atomic mass is 10.2. The van der Waals surface area contributed by atoms with E-state index in [-0.39, 0.29) is 6.10 Å². The van der Waals surface area contributed by atoms with E-state index in [1.54, 1.807) is 0 Å². The van der Waals surface area contributed by atoms with E-state index in [4.69, 9.17) is 4.98 Å². The Bertz CT molecular complexity index is 616. The summed E-state index contributed by atoms with van der Waals surface area (Å²) in [5.74, 6) is 0.942. The SMILES string of the molecule is C[C@@H]1CN(C[C@@H](C)O)CCN1c1cnc2ccccc2n1. The summed E-state index contributed by atoms with van der Waals surface area (Å²) in [6, 6.07) is 8.32. The lowest BCUT2D eigenvalue weighted by molar-refractivity contribution is 0.114. The Morgan fingerprint density at radius 2 is 2.05 bits per heavy atom. The van der Waals surface area contributed by atoms with E-state index in [0.29, 0.717) is 6.04 Å². The summed E-state index contributed by atoms with van der Waals surface area (Å²) in [5, 5.41) is 9.51. The van der Waals surface area contributed by atoms with Crippen LogP contribution in [0.25, 0.3) is 11.0 Å². The molecule has 0 radical (unpaired) electrons. The number of aliphatic hydroxyl groups excluding tert-OH is 1. The van der Waals surface area contributed by atoms with Crippen molar-refractivity contribution >= 4 is 16.9 Å². The summed E-state index contributed by atoms with van der Waals surface area (Å²) in [7, 11) is 0. The minimum Gasteiger partial charge on any atom is -0.392 e. The number of aliphatic hydroxyl groups is 1. The third kappa shape index (κ3) is 3.14. The maximum atomic E-state index is 9.51. The van der Waals surface area contributed by atoms with Gasteiger partial charge in [0.2, 0.25) is 0 Å². The van der Waals surface area contributed by atoms with E-state index >= 15 is 0 Å². The number of β-amino-alcohol motifs (C(OH)–C–C–N with tert-alkyl or cyclic N) is 1. The highest BCUT2D eigenvalue weighted by atomic mass is 16.3. The maximum absolute atomic E-state index is 9.51. The molecule has 1 aliphatic rings. The Balaban J connectivity index is 1.77. The predicted octanol–water partition coefficient (Wildman–Crippen LogP) is 1.52. The lowest BCUT2D eigenvalue weighted by Crippen LogP contribution is -2.53. The van der Waals surface area contributed by atoms with Gasteiger partial charge in [-0.05, 0) is 26.0 Å². The van der Waals surface area contributed by atoms with Crippen LogP contribution in [0.5, 0.6) is 0 Å². The molecule has 5 heteroatoms. The number of anilines is 1. The molecular weight excluding hydrogens is 264 g/mol. The molecule has 0 saturated carbocycles. The van der Waals surface area contributed by atoms with Crippen molar-refractivity contribution in [3.63, 3.8) is 0 Å². The van der Waals surface area contributed by atoms with Crippen LogP contribution in [0, 0.1) is 0 Å². The largest absolute Gasteiger partial charge is 0.392 e. The summed E-state index contributed by atoms with van der Waals surface area (Å²) < 4.78 is 0. The standard InChI is InChI=1S/C16H22N4O/c1-12-10-19(11-13(2)21)7-8-20(12)16-9-17-14-5-3-4-6-15(14)18-16/h3-6,9,12-13,21H,7-8,10-11H2,1-2H3/t12-,13-/m1/s1. The minimum atomic E-state index is -0.274. The van der Waals surface area contributed by atoms with Gasteiger partial charge >= 0.3 is 0 Å². The molecule has 0 aliphatic carbocycles. The van der Waals surface area contributed by atoms with E-state index < -0.39 is 0 Å². The zero-order chi connectivity index (χ0) is 14.8. The molecule has 0 spiro atoms. The van der Waals surface area contributed by atoms with Gasteiger partial charge in [0, 0.05) is 32.2 Å². The van der Waals surface area contributed by atoms with Gasteiger partial charge in [0.05, 0.1) is 23.3 Å². The van der Waals surface area contributed by atoms with Gasteiger partial charge in [-0.1, -0.05) is 12.1 Å². The summed E-state index contributed by atoms with van der Waals surface area (Å²) in [4.78, 5) is 13.8.